The number of carbonyl (C=O) groups is 2. The lowest BCUT2D eigenvalue weighted by Crippen LogP contribution is -2.57. The Morgan fingerprint density at radius 3 is 2.94 bits per heavy atom. The SMILES string of the molecule is CC1CCC(CN2CCNC(=O)C2CC(=O)O)O1. The highest BCUT2D eigenvalue weighted by Crippen LogP contribution is 2.21. The van der Waals surface area contributed by atoms with Crippen LogP contribution in [0.3, 0.4) is 0 Å². The van der Waals surface area contributed by atoms with Crippen LogP contribution in [0.4, 0.5) is 0 Å². The largest absolute Gasteiger partial charge is 0.481 e. The van der Waals surface area contributed by atoms with E-state index in [1.165, 1.54) is 0 Å². The number of ether oxygens (including phenoxy) is 1. The molecular formula is C12H20N2O4. The van der Waals surface area contributed by atoms with Crippen molar-refractivity contribution in [3.63, 3.8) is 0 Å². The van der Waals surface area contributed by atoms with Crippen LogP contribution in [0.1, 0.15) is 26.2 Å². The molecule has 3 atom stereocenters. The van der Waals surface area contributed by atoms with Gasteiger partial charge in [0.1, 0.15) is 0 Å². The molecule has 2 saturated heterocycles. The second-order valence-electron chi connectivity index (χ2n) is 5.05. The zero-order valence-electron chi connectivity index (χ0n) is 10.6. The molecule has 0 bridgehead atoms. The number of carbonyl (C=O) groups excluding carboxylic acids is 1. The number of aliphatic carboxylic acids is 1. The summed E-state index contributed by atoms with van der Waals surface area (Å²) in [5.41, 5.74) is 0. The maximum atomic E-state index is 11.7. The van der Waals surface area contributed by atoms with E-state index in [4.69, 9.17) is 9.84 Å². The molecule has 6 nitrogen and oxygen atoms in total. The molecule has 0 aromatic rings. The summed E-state index contributed by atoms with van der Waals surface area (Å²) in [5.74, 6) is -1.13. The van der Waals surface area contributed by atoms with Gasteiger partial charge in [-0.2, -0.15) is 0 Å². The van der Waals surface area contributed by atoms with E-state index in [1.807, 2.05) is 11.8 Å². The molecule has 102 valence electrons. The fourth-order valence-corrected chi connectivity index (χ4v) is 2.65. The summed E-state index contributed by atoms with van der Waals surface area (Å²) in [4.78, 5) is 24.5. The van der Waals surface area contributed by atoms with Gasteiger partial charge in [-0.05, 0) is 19.8 Å². The minimum Gasteiger partial charge on any atom is -0.481 e. The lowest BCUT2D eigenvalue weighted by Gasteiger charge is -2.35. The molecule has 2 fully saturated rings. The number of hydrogen-bond donors (Lipinski definition) is 2. The Hall–Kier alpha value is -1.14. The first-order valence-electron chi connectivity index (χ1n) is 6.45. The van der Waals surface area contributed by atoms with Gasteiger partial charge in [0.2, 0.25) is 5.91 Å². The highest BCUT2D eigenvalue weighted by molar-refractivity contribution is 5.86. The van der Waals surface area contributed by atoms with Crippen molar-refractivity contribution in [3.8, 4) is 0 Å². The van der Waals surface area contributed by atoms with Gasteiger partial charge in [0.25, 0.3) is 0 Å². The van der Waals surface area contributed by atoms with Gasteiger partial charge < -0.3 is 15.2 Å². The molecule has 2 heterocycles. The molecule has 3 unspecified atom stereocenters. The third-order valence-corrected chi connectivity index (χ3v) is 3.57. The van der Waals surface area contributed by atoms with Crippen molar-refractivity contribution in [1.82, 2.24) is 10.2 Å². The Labute approximate surface area is 106 Å². The highest BCUT2D eigenvalue weighted by atomic mass is 16.5. The van der Waals surface area contributed by atoms with Crippen molar-refractivity contribution < 1.29 is 19.4 Å². The van der Waals surface area contributed by atoms with Gasteiger partial charge in [0, 0.05) is 19.6 Å². The first-order chi connectivity index (χ1) is 8.56. The minimum absolute atomic E-state index is 0.127. The average Bonchev–Trinajstić information content (AvgIpc) is 2.69. The van der Waals surface area contributed by atoms with Crippen LogP contribution >= 0.6 is 0 Å². The fraction of sp³-hybridized carbons (Fsp3) is 0.833. The monoisotopic (exact) mass is 256 g/mol. The lowest BCUT2D eigenvalue weighted by atomic mass is 10.1. The topological polar surface area (TPSA) is 78.9 Å². The maximum Gasteiger partial charge on any atom is 0.305 e. The quantitative estimate of drug-likeness (QED) is 0.730. The summed E-state index contributed by atoms with van der Waals surface area (Å²) in [6.45, 7) is 3.96. The summed E-state index contributed by atoms with van der Waals surface area (Å²) < 4.78 is 5.73. The van der Waals surface area contributed by atoms with Crippen molar-refractivity contribution in [2.24, 2.45) is 0 Å². The Kier molecular flexibility index (Phi) is 4.19. The molecule has 0 aliphatic carbocycles. The summed E-state index contributed by atoms with van der Waals surface area (Å²) in [6, 6.07) is -0.559. The number of hydrogen-bond acceptors (Lipinski definition) is 4. The van der Waals surface area contributed by atoms with Crippen LogP contribution in [0, 0.1) is 0 Å². The number of amides is 1. The number of piperazine rings is 1. The summed E-state index contributed by atoms with van der Waals surface area (Å²) >= 11 is 0. The van der Waals surface area contributed by atoms with E-state index in [-0.39, 0.29) is 24.5 Å². The zero-order valence-corrected chi connectivity index (χ0v) is 10.6. The molecule has 0 aromatic carbocycles. The molecule has 0 spiro atoms. The zero-order chi connectivity index (χ0) is 13.1. The second kappa shape index (κ2) is 5.67. The number of carboxylic acid groups (broad SMARTS) is 1. The smallest absolute Gasteiger partial charge is 0.305 e. The fourth-order valence-electron chi connectivity index (χ4n) is 2.65. The van der Waals surface area contributed by atoms with Crippen molar-refractivity contribution in [1.29, 1.82) is 0 Å². The van der Waals surface area contributed by atoms with Crippen molar-refractivity contribution in [3.05, 3.63) is 0 Å². The molecule has 0 saturated carbocycles. The first kappa shape index (κ1) is 13.3. The van der Waals surface area contributed by atoms with Gasteiger partial charge in [0.15, 0.2) is 0 Å². The molecule has 0 aromatic heterocycles. The van der Waals surface area contributed by atoms with Crippen LogP contribution < -0.4 is 5.32 Å². The molecule has 6 heteroatoms. The first-order valence-corrected chi connectivity index (χ1v) is 6.45. The minimum atomic E-state index is -0.942. The van der Waals surface area contributed by atoms with Gasteiger partial charge in [-0.15, -0.1) is 0 Å². The van der Waals surface area contributed by atoms with Crippen LogP contribution in [-0.2, 0) is 14.3 Å². The summed E-state index contributed by atoms with van der Waals surface area (Å²) in [6.07, 6.45) is 2.27. The molecule has 2 aliphatic heterocycles. The third kappa shape index (κ3) is 3.20. The van der Waals surface area contributed by atoms with E-state index in [0.29, 0.717) is 19.6 Å². The van der Waals surface area contributed by atoms with E-state index in [9.17, 15) is 9.59 Å². The number of rotatable bonds is 4. The maximum absolute atomic E-state index is 11.7. The van der Waals surface area contributed by atoms with Crippen LogP contribution in [-0.4, -0.2) is 59.8 Å². The molecular weight excluding hydrogens is 236 g/mol. The van der Waals surface area contributed by atoms with Gasteiger partial charge in [0.05, 0.1) is 24.7 Å². The Balaban J connectivity index is 1.95. The predicted octanol–water partition coefficient (Wildman–Crippen LogP) is -0.171. The van der Waals surface area contributed by atoms with Crippen LogP contribution in [0.5, 0.6) is 0 Å². The van der Waals surface area contributed by atoms with E-state index in [0.717, 1.165) is 12.8 Å². The predicted molar refractivity (Wildman–Crippen MR) is 64.2 cm³/mol. The van der Waals surface area contributed by atoms with Crippen molar-refractivity contribution in [2.45, 2.75) is 44.4 Å². The van der Waals surface area contributed by atoms with Gasteiger partial charge in [-0.25, -0.2) is 0 Å². The third-order valence-electron chi connectivity index (χ3n) is 3.57. The molecule has 0 radical (unpaired) electrons. The normalized spacial score (nSPS) is 33.4. The van der Waals surface area contributed by atoms with Crippen LogP contribution in [0.25, 0.3) is 0 Å². The molecule has 2 aliphatic rings. The standard InChI is InChI=1S/C12H20N2O4/c1-8-2-3-9(18-8)7-14-5-4-13-12(17)10(14)6-11(15)16/h8-10H,2-7H2,1H3,(H,13,17)(H,15,16). The van der Waals surface area contributed by atoms with Crippen LogP contribution in [0.2, 0.25) is 0 Å². The van der Waals surface area contributed by atoms with Crippen molar-refractivity contribution >= 4 is 11.9 Å². The molecule has 2 rings (SSSR count). The van der Waals surface area contributed by atoms with E-state index >= 15 is 0 Å². The van der Waals surface area contributed by atoms with E-state index in [2.05, 4.69) is 5.32 Å². The number of nitrogens with zero attached hydrogens (tertiary/aromatic N) is 1. The van der Waals surface area contributed by atoms with Gasteiger partial charge in [-0.3, -0.25) is 14.5 Å². The average molecular weight is 256 g/mol. The Bertz CT molecular complexity index is 334. The number of nitrogens with one attached hydrogen (secondary N) is 1. The number of carboxylic acids is 1. The molecule has 1 amide bonds. The summed E-state index contributed by atoms with van der Waals surface area (Å²) in [7, 11) is 0. The Morgan fingerprint density at radius 1 is 1.56 bits per heavy atom. The second-order valence-corrected chi connectivity index (χ2v) is 5.05. The molecule has 18 heavy (non-hydrogen) atoms. The highest BCUT2D eigenvalue weighted by Gasteiger charge is 2.34. The summed E-state index contributed by atoms with van der Waals surface area (Å²) in [5, 5.41) is 11.6. The van der Waals surface area contributed by atoms with E-state index < -0.39 is 12.0 Å². The van der Waals surface area contributed by atoms with E-state index in [1.54, 1.807) is 0 Å². The van der Waals surface area contributed by atoms with Gasteiger partial charge in [-0.1, -0.05) is 0 Å². The van der Waals surface area contributed by atoms with Gasteiger partial charge >= 0.3 is 5.97 Å². The van der Waals surface area contributed by atoms with Crippen molar-refractivity contribution in [2.75, 3.05) is 19.6 Å². The Morgan fingerprint density at radius 2 is 2.33 bits per heavy atom. The van der Waals surface area contributed by atoms with Crippen LogP contribution in [0.15, 0.2) is 0 Å². The molecule has 2 N–H and O–H groups in total. The lowest BCUT2D eigenvalue weighted by molar-refractivity contribution is -0.143.